The first-order chi connectivity index (χ1) is 8.47. The van der Waals surface area contributed by atoms with Crippen molar-refractivity contribution in [2.45, 2.75) is 23.8 Å². The summed E-state index contributed by atoms with van der Waals surface area (Å²) in [5.74, 6) is -0.181. The number of nitrogens with one attached hydrogen (secondary N) is 1. The molecule has 1 N–H and O–H groups in total. The van der Waals surface area contributed by atoms with Gasteiger partial charge in [-0.15, -0.1) is 0 Å². The summed E-state index contributed by atoms with van der Waals surface area (Å²) in [6.07, 6.45) is 2.38. The van der Waals surface area contributed by atoms with Crippen LogP contribution < -0.4 is 5.32 Å². The van der Waals surface area contributed by atoms with Crippen LogP contribution in [0.5, 0.6) is 0 Å². The average molecular weight is 269 g/mol. The predicted octanol–water partition coefficient (Wildman–Crippen LogP) is 1.21. The van der Waals surface area contributed by atoms with Gasteiger partial charge in [-0.3, -0.25) is 4.79 Å². The number of carbonyl (C=O) groups is 1. The van der Waals surface area contributed by atoms with Gasteiger partial charge >= 0.3 is 0 Å². The summed E-state index contributed by atoms with van der Waals surface area (Å²) in [5.41, 5.74) is 0.572. The minimum absolute atomic E-state index is 0.181. The molecule has 1 saturated heterocycles. The number of sulfone groups is 1. The second kappa shape index (κ2) is 5.07. The molecule has 2 rings (SSSR count). The Morgan fingerprint density at radius 3 is 2.50 bits per heavy atom. The molecule has 1 aliphatic heterocycles. The van der Waals surface area contributed by atoms with Gasteiger partial charge in [-0.1, -0.05) is 0 Å². The Bertz CT molecular complexity index is 530. The molecule has 0 radical (unpaired) electrons. The van der Waals surface area contributed by atoms with Crippen LogP contribution in [0.2, 0.25) is 0 Å². The van der Waals surface area contributed by atoms with Gasteiger partial charge in [0.1, 0.15) is 6.10 Å². The Hall–Kier alpha value is -1.40. The summed E-state index contributed by atoms with van der Waals surface area (Å²) in [7, 11) is -3.20. The fourth-order valence-electron chi connectivity index (χ4n) is 1.79. The molecule has 0 saturated carbocycles. The maximum absolute atomic E-state index is 11.7. The largest absolute Gasteiger partial charge is 0.368 e. The minimum atomic E-state index is -3.20. The van der Waals surface area contributed by atoms with Crippen molar-refractivity contribution in [2.75, 3.05) is 18.2 Å². The van der Waals surface area contributed by atoms with Gasteiger partial charge in [-0.25, -0.2) is 8.42 Å². The lowest BCUT2D eigenvalue weighted by Gasteiger charge is -2.10. The first-order valence-electron chi connectivity index (χ1n) is 5.69. The molecule has 0 spiro atoms. The van der Waals surface area contributed by atoms with Gasteiger partial charge in [0.2, 0.25) is 0 Å². The van der Waals surface area contributed by atoms with Crippen molar-refractivity contribution in [3.8, 4) is 0 Å². The van der Waals surface area contributed by atoms with E-state index in [9.17, 15) is 13.2 Å². The second-order valence-electron chi connectivity index (χ2n) is 4.29. The van der Waals surface area contributed by atoms with E-state index in [2.05, 4.69) is 5.32 Å². The molecule has 1 heterocycles. The van der Waals surface area contributed by atoms with Crippen molar-refractivity contribution in [3.05, 3.63) is 24.3 Å². The lowest BCUT2D eigenvalue weighted by molar-refractivity contribution is -0.124. The van der Waals surface area contributed by atoms with Crippen LogP contribution in [-0.2, 0) is 19.4 Å². The molecule has 0 bridgehead atoms. The standard InChI is InChI=1S/C12H15NO4S/c1-18(15,16)10-6-4-9(5-7-10)13-12(14)11-3-2-8-17-11/h4-7,11H,2-3,8H2,1H3,(H,13,14). The molecule has 1 fully saturated rings. The Morgan fingerprint density at radius 2 is 2.00 bits per heavy atom. The normalized spacial score (nSPS) is 19.7. The van der Waals surface area contributed by atoms with Crippen molar-refractivity contribution < 1.29 is 17.9 Å². The lowest BCUT2D eigenvalue weighted by atomic mass is 10.2. The third-order valence-corrected chi connectivity index (χ3v) is 3.90. The van der Waals surface area contributed by atoms with Crippen molar-refractivity contribution >= 4 is 21.4 Å². The lowest BCUT2D eigenvalue weighted by Crippen LogP contribution is -2.26. The molecule has 0 aliphatic carbocycles. The number of rotatable bonds is 3. The fraction of sp³-hybridized carbons (Fsp3) is 0.417. The molecule has 98 valence electrons. The number of benzene rings is 1. The summed E-state index contributed by atoms with van der Waals surface area (Å²) in [5, 5.41) is 2.70. The van der Waals surface area contributed by atoms with Crippen LogP contribution in [0, 0.1) is 0 Å². The van der Waals surface area contributed by atoms with Crippen LogP contribution in [0.3, 0.4) is 0 Å². The summed E-state index contributed by atoms with van der Waals surface area (Å²) >= 11 is 0. The summed E-state index contributed by atoms with van der Waals surface area (Å²) in [6.45, 7) is 0.616. The number of hydrogen-bond acceptors (Lipinski definition) is 4. The third kappa shape index (κ3) is 3.08. The highest BCUT2D eigenvalue weighted by Gasteiger charge is 2.23. The zero-order valence-electron chi connectivity index (χ0n) is 10.0. The number of hydrogen-bond donors (Lipinski definition) is 1. The van der Waals surface area contributed by atoms with Crippen molar-refractivity contribution in [1.29, 1.82) is 0 Å². The van der Waals surface area contributed by atoms with E-state index in [1.54, 1.807) is 12.1 Å². The first-order valence-corrected chi connectivity index (χ1v) is 7.58. The highest BCUT2D eigenvalue weighted by atomic mass is 32.2. The molecular weight excluding hydrogens is 254 g/mol. The van der Waals surface area contributed by atoms with Crippen LogP contribution in [0.4, 0.5) is 5.69 Å². The maximum atomic E-state index is 11.7. The van der Waals surface area contributed by atoms with Gasteiger partial charge < -0.3 is 10.1 Å². The third-order valence-electron chi connectivity index (χ3n) is 2.77. The Kier molecular flexibility index (Phi) is 3.68. The number of anilines is 1. The molecule has 1 aromatic rings. The highest BCUT2D eigenvalue weighted by Crippen LogP contribution is 2.17. The monoisotopic (exact) mass is 269 g/mol. The summed E-state index contributed by atoms with van der Waals surface area (Å²) < 4.78 is 27.8. The van der Waals surface area contributed by atoms with Gasteiger partial charge in [0.25, 0.3) is 5.91 Å². The van der Waals surface area contributed by atoms with E-state index in [1.165, 1.54) is 12.1 Å². The van der Waals surface area contributed by atoms with Gasteiger partial charge in [0.15, 0.2) is 9.84 Å². The molecule has 6 heteroatoms. The number of carbonyl (C=O) groups excluding carboxylic acids is 1. The van der Waals surface area contributed by atoms with E-state index in [0.29, 0.717) is 12.3 Å². The Balaban J connectivity index is 2.04. The average Bonchev–Trinajstić information content (AvgIpc) is 2.82. The summed E-state index contributed by atoms with van der Waals surface area (Å²) in [6, 6.07) is 6.09. The van der Waals surface area contributed by atoms with E-state index in [-0.39, 0.29) is 16.9 Å². The minimum Gasteiger partial charge on any atom is -0.368 e. The SMILES string of the molecule is CS(=O)(=O)c1ccc(NC(=O)C2CCCO2)cc1. The van der Waals surface area contributed by atoms with Gasteiger partial charge in [-0.05, 0) is 37.1 Å². The molecular formula is C12H15NO4S. The number of amides is 1. The van der Waals surface area contributed by atoms with Crippen LogP contribution in [-0.4, -0.2) is 33.3 Å². The molecule has 1 aliphatic rings. The molecule has 18 heavy (non-hydrogen) atoms. The zero-order valence-corrected chi connectivity index (χ0v) is 10.9. The van der Waals surface area contributed by atoms with Crippen molar-refractivity contribution in [2.24, 2.45) is 0 Å². The van der Waals surface area contributed by atoms with Crippen LogP contribution in [0.1, 0.15) is 12.8 Å². The Labute approximate surface area is 106 Å². The second-order valence-corrected chi connectivity index (χ2v) is 6.30. The van der Waals surface area contributed by atoms with Crippen LogP contribution >= 0.6 is 0 Å². The van der Waals surface area contributed by atoms with E-state index >= 15 is 0 Å². The maximum Gasteiger partial charge on any atom is 0.253 e. The van der Waals surface area contributed by atoms with Crippen molar-refractivity contribution in [1.82, 2.24) is 0 Å². The molecule has 5 nitrogen and oxygen atoms in total. The predicted molar refractivity (Wildman–Crippen MR) is 67.2 cm³/mol. The fourth-order valence-corrected chi connectivity index (χ4v) is 2.42. The van der Waals surface area contributed by atoms with Gasteiger partial charge in [0, 0.05) is 18.6 Å². The smallest absolute Gasteiger partial charge is 0.253 e. The zero-order chi connectivity index (χ0) is 13.2. The van der Waals surface area contributed by atoms with E-state index in [0.717, 1.165) is 19.1 Å². The highest BCUT2D eigenvalue weighted by molar-refractivity contribution is 7.90. The number of ether oxygens (including phenoxy) is 1. The van der Waals surface area contributed by atoms with E-state index in [1.807, 2.05) is 0 Å². The topological polar surface area (TPSA) is 72.5 Å². The first kappa shape index (κ1) is 13.0. The molecule has 0 aromatic heterocycles. The molecule has 1 unspecified atom stereocenters. The van der Waals surface area contributed by atoms with E-state index < -0.39 is 9.84 Å². The quantitative estimate of drug-likeness (QED) is 0.895. The van der Waals surface area contributed by atoms with Crippen molar-refractivity contribution in [3.63, 3.8) is 0 Å². The molecule has 1 amide bonds. The molecule has 1 atom stereocenters. The van der Waals surface area contributed by atoms with Gasteiger partial charge in [0.05, 0.1) is 4.90 Å². The van der Waals surface area contributed by atoms with E-state index in [4.69, 9.17) is 4.74 Å². The van der Waals surface area contributed by atoms with Crippen LogP contribution in [0.25, 0.3) is 0 Å². The summed E-state index contributed by atoms with van der Waals surface area (Å²) in [4.78, 5) is 12.0. The van der Waals surface area contributed by atoms with Gasteiger partial charge in [-0.2, -0.15) is 0 Å². The Morgan fingerprint density at radius 1 is 1.33 bits per heavy atom. The molecule has 1 aromatic carbocycles. The van der Waals surface area contributed by atoms with Crippen LogP contribution in [0.15, 0.2) is 29.2 Å².